The van der Waals surface area contributed by atoms with E-state index in [1.807, 2.05) is 11.9 Å². The fraction of sp³-hybridized carbons (Fsp3) is 0.818. The van der Waals surface area contributed by atoms with Gasteiger partial charge < -0.3 is 15.1 Å². The first-order valence-corrected chi connectivity index (χ1v) is 10.6. The Morgan fingerprint density at radius 3 is 2.70 bits per heavy atom. The number of piperidine rings is 1. The smallest absolute Gasteiger partial charge is 0.332 e. The van der Waals surface area contributed by atoms with Gasteiger partial charge in [-0.15, -0.1) is 0 Å². The van der Waals surface area contributed by atoms with Gasteiger partial charge >= 0.3 is 5.97 Å². The number of aliphatic hydroxyl groups excluding tert-OH is 1. The lowest BCUT2D eigenvalue weighted by atomic mass is 9.51. The van der Waals surface area contributed by atoms with Gasteiger partial charge in [0.1, 0.15) is 0 Å². The van der Waals surface area contributed by atoms with Crippen LogP contribution in [0.1, 0.15) is 71.6 Å². The number of carbonyl (C=O) groups is 2. The van der Waals surface area contributed by atoms with Crippen LogP contribution in [0, 0.1) is 22.7 Å². The van der Waals surface area contributed by atoms with Gasteiger partial charge in [0.25, 0.3) is 0 Å². The maximum absolute atomic E-state index is 12.9. The Labute approximate surface area is 161 Å². The van der Waals surface area contributed by atoms with Gasteiger partial charge in [-0.05, 0) is 74.5 Å². The minimum absolute atomic E-state index is 0.00962. The molecule has 0 aromatic heterocycles. The molecule has 1 amide bonds. The molecule has 3 aliphatic carbocycles. The second-order valence-electron chi connectivity index (χ2n) is 10.0. The average Bonchev–Trinajstić information content (AvgIpc) is 3.01. The maximum atomic E-state index is 12.9. The van der Waals surface area contributed by atoms with Gasteiger partial charge in [0.05, 0.1) is 0 Å². The largest absolute Gasteiger partial charge is 0.479 e. The molecule has 3 fully saturated rings. The summed E-state index contributed by atoms with van der Waals surface area (Å²) in [6.07, 6.45) is 7.64. The summed E-state index contributed by atoms with van der Waals surface area (Å²) in [5.74, 6) is -1.13. The number of allylic oxidation sites excluding steroid dienone is 2. The molecular weight excluding hydrogens is 342 g/mol. The highest BCUT2D eigenvalue weighted by Crippen LogP contribution is 2.62. The molecule has 1 aliphatic heterocycles. The second-order valence-corrected chi connectivity index (χ2v) is 10.0. The summed E-state index contributed by atoms with van der Waals surface area (Å²) in [6, 6.07) is 0.225. The van der Waals surface area contributed by atoms with Crippen LogP contribution in [0.25, 0.3) is 0 Å². The average molecular weight is 376 g/mol. The molecule has 5 heteroatoms. The normalized spacial score (nSPS) is 42.4. The van der Waals surface area contributed by atoms with Gasteiger partial charge in [0, 0.05) is 19.0 Å². The predicted molar refractivity (Wildman–Crippen MR) is 102 cm³/mol. The first-order chi connectivity index (χ1) is 12.7. The van der Waals surface area contributed by atoms with E-state index in [-0.39, 0.29) is 23.8 Å². The van der Waals surface area contributed by atoms with E-state index >= 15 is 0 Å². The number of carbonyl (C=O) groups excluding carboxylic acids is 1. The van der Waals surface area contributed by atoms with E-state index in [0.717, 1.165) is 12.8 Å². The van der Waals surface area contributed by atoms with Crippen molar-refractivity contribution < 1.29 is 19.8 Å². The lowest BCUT2D eigenvalue weighted by molar-refractivity contribution is -0.157. The summed E-state index contributed by atoms with van der Waals surface area (Å²) in [7, 11) is 1.88. The molecule has 1 heterocycles. The number of likely N-dealkylation sites (tertiary alicyclic amines) is 1. The highest BCUT2D eigenvalue weighted by atomic mass is 16.4. The number of aliphatic carboxylic acids is 1. The van der Waals surface area contributed by atoms with Gasteiger partial charge in [-0.2, -0.15) is 0 Å². The van der Waals surface area contributed by atoms with Crippen molar-refractivity contribution in [2.75, 3.05) is 7.05 Å². The van der Waals surface area contributed by atoms with Crippen LogP contribution in [-0.4, -0.2) is 46.2 Å². The number of fused-ring (bicyclic) bond motifs is 4. The maximum Gasteiger partial charge on any atom is 0.332 e. The molecular formula is C22H33NO4. The van der Waals surface area contributed by atoms with Gasteiger partial charge in [-0.3, -0.25) is 4.79 Å². The van der Waals surface area contributed by atoms with E-state index in [0.29, 0.717) is 17.8 Å². The molecule has 2 N–H and O–H groups in total. The van der Waals surface area contributed by atoms with E-state index in [1.165, 1.54) is 32.1 Å². The first kappa shape index (κ1) is 19.0. The molecule has 0 bridgehead atoms. The summed E-state index contributed by atoms with van der Waals surface area (Å²) < 4.78 is 0. The Bertz CT molecular complexity index is 700. The molecule has 0 aromatic carbocycles. The third-order valence-electron chi connectivity index (χ3n) is 8.56. The lowest BCUT2D eigenvalue weighted by Crippen LogP contribution is -2.61. The van der Waals surface area contributed by atoms with Crippen molar-refractivity contribution in [3.63, 3.8) is 0 Å². The monoisotopic (exact) mass is 375 g/mol. The number of rotatable bonds is 3. The topological polar surface area (TPSA) is 77.8 Å². The van der Waals surface area contributed by atoms with Crippen LogP contribution in [0.15, 0.2) is 11.1 Å². The van der Waals surface area contributed by atoms with E-state index in [9.17, 15) is 14.7 Å². The quantitative estimate of drug-likeness (QED) is 0.742. The molecule has 27 heavy (non-hydrogen) atoms. The zero-order valence-corrected chi connectivity index (χ0v) is 16.8. The molecule has 1 saturated heterocycles. The summed E-state index contributed by atoms with van der Waals surface area (Å²) >= 11 is 0. The van der Waals surface area contributed by atoms with Crippen LogP contribution in [0.5, 0.6) is 0 Å². The van der Waals surface area contributed by atoms with Crippen molar-refractivity contribution in [3.05, 3.63) is 11.1 Å². The Hall–Kier alpha value is -1.36. The number of hydrogen-bond acceptors (Lipinski definition) is 3. The molecule has 0 aromatic rings. The Morgan fingerprint density at radius 1 is 1.26 bits per heavy atom. The van der Waals surface area contributed by atoms with E-state index in [4.69, 9.17) is 5.11 Å². The molecule has 3 unspecified atom stereocenters. The van der Waals surface area contributed by atoms with Crippen molar-refractivity contribution in [1.29, 1.82) is 0 Å². The number of carboxylic acid groups (broad SMARTS) is 1. The third-order valence-corrected chi connectivity index (χ3v) is 8.56. The molecule has 6 atom stereocenters. The fourth-order valence-electron chi connectivity index (χ4n) is 7.22. The highest BCUT2D eigenvalue weighted by molar-refractivity contribution is 5.81. The standard InChI is InChI=1S/C22H33NO4/c1-21-9-4-5-15(21)14-6-7-18-22(2,16(14)8-10-21)12-13(19(25)23(18)3)11-17(24)20(26)27/h13,16-18,24H,4-12H2,1-3H3,(H,26,27)/t13?,16-,17?,18?,21-,22+/m0/s1. The van der Waals surface area contributed by atoms with Crippen LogP contribution < -0.4 is 0 Å². The Morgan fingerprint density at radius 2 is 2.00 bits per heavy atom. The van der Waals surface area contributed by atoms with Crippen molar-refractivity contribution in [2.45, 2.75) is 83.8 Å². The first-order valence-electron chi connectivity index (χ1n) is 10.6. The zero-order valence-electron chi connectivity index (χ0n) is 16.8. The number of aliphatic hydroxyl groups is 1. The summed E-state index contributed by atoms with van der Waals surface area (Å²) in [5.41, 5.74) is 3.75. The summed E-state index contributed by atoms with van der Waals surface area (Å²) in [5, 5.41) is 19.0. The number of carboxylic acids is 1. The summed E-state index contributed by atoms with van der Waals surface area (Å²) in [4.78, 5) is 25.9. The van der Waals surface area contributed by atoms with Gasteiger partial charge in [0.2, 0.25) is 5.91 Å². The number of nitrogens with zero attached hydrogens (tertiary/aromatic N) is 1. The molecule has 150 valence electrons. The van der Waals surface area contributed by atoms with E-state index in [1.54, 1.807) is 11.1 Å². The van der Waals surface area contributed by atoms with Gasteiger partial charge in [-0.1, -0.05) is 25.0 Å². The predicted octanol–water partition coefficient (Wildman–Crippen LogP) is 3.37. The molecule has 5 nitrogen and oxygen atoms in total. The lowest BCUT2D eigenvalue weighted by Gasteiger charge is -2.59. The van der Waals surface area contributed by atoms with Crippen molar-refractivity contribution in [3.8, 4) is 0 Å². The summed E-state index contributed by atoms with van der Waals surface area (Å²) in [6.45, 7) is 4.76. The SMILES string of the molecule is CN1C(=O)C(CC(O)C(=O)O)C[C@@]2(C)C1CCC1=C3CCC[C@@]3(C)CC[C@@H]12. The van der Waals surface area contributed by atoms with Crippen molar-refractivity contribution >= 4 is 11.9 Å². The van der Waals surface area contributed by atoms with Crippen LogP contribution in [0.3, 0.4) is 0 Å². The number of hydrogen-bond donors (Lipinski definition) is 2. The molecule has 0 radical (unpaired) electrons. The van der Waals surface area contributed by atoms with Gasteiger partial charge in [0.15, 0.2) is 6.10 Å². The van der Waals surface area contributed by atoms with Crippen LogP contribution in [0.2, 0.25) is 0 Å². The number of amides is 1. The van der Waals surface area contributed by atoms with E-state index < -0.39 is 18.0 Å². The second kappa shape index (κ2) is 6.33. The third kappa shape index (κ3) is 2.76. The highest BCUT2D eigenvalue weighted by Gasteiger charge is 2.57. The molecule has 2 saturated carbocycles. The van der Waals surface area contributed by atoms with Gasteiger partial charge in [-0.25, -0.2) is 4.79 Å². The Balaban J connectivity index is 1.67. The Kier molecular flexibility index (Phi) is 4.45. The minimum Gasteiger partial charge on any atom is -0.479 e. The van der Waals surface area contributed by atoms with Crippen molar-refractivity contribution in [1.82, 2.24) is 4.90 Å². The van der Waals surface area contributed by atoms with Crippen molar-refractivity contribution in [2.24, 2.45) is 22.7 Å². The van der Waals surface area contributed by atoms with Crippen LogP contribution >= 0.6 is 0 Å². The van der Waals surface area contributed by atoms with Crippen LogP contribution in [-0.2, 0) is 9.59 Å². The molecule has 4 aliphatic rings. The van der Waals surface area contributed by atoms with E-state index in [2.05, 4.69) is 13.8 Å². The van der Waals surface area contributed by atoms with Crippen LogP contribution in [0.4, 0.5) is 0 Å². The fourth-order valence-corrected chi connectivity index (χ4v) is 7.22. The zero-order chi connectivity index (χ0) is 19.6. The molecule has 0 spiro atoms. The minimum atomic E-state index is -1.46. The molecule has 4 rings (SSSR count).